The van der Waals surface area contributed by atoms with E-state index in [1.165, 1.54) is 24.5 Å². The molecule has 0 spiro atoms. The first kappa shape index (κ1) is 15.4. The van der Waals surface area contributed by atoms with Crippen LogP contribution in [-0.4, -0.2) is 10.9 Å². The van der Waals surface area contributed by atoms with Gasteiger partial charge in [-0.25, -0.2) is 4.39 Å². The minimum absolute atomic E-state index is 0.283. The SMILES string of the molecule is O=C(NCc1ccc2c(n1)CCCC2)c1ccc(I)c(F)c1. The van der Waals surface area contributed by atoms with Crippen molar-refractivity contribution in [3.63, 3.8) is 0 Å². The van der Waals surface area contributed by atoms with E-state index in [2.05, 4.69) is 16.4 Å². The Morgan fingerprint density at radius 1 is 1.23 bits per heavy atom. The maximum atomic E-state index is 13.5. The highest BCUT2D eigenvalue weighted by Crippen LogP contribution is 2.19. The monoisotopic (exact) mass is 410 g/mol. The summed E-state index contributed by atoms with van der Waals surface area (Å²) in [4.78, 5) is 16.7. The van der Waals surface area contributed by atoms with Crippen LogP contribution in [0.1, 0.15) is 40.2 Å². The van der Waals surface area contributed by atoms with Crippen LogP contribution in [0.5, 0.6) is 0 Å². The zero-order chi connectivity index (χ0) is 15.5. The molecule has 0 fully saturated rings. The van der Waals surface area contributed by atoms with Gasteiger partial charge in [0, 0.05) is 14.8 Å². The van der Waals surface area contributed by atoms with Crippen molar-refractivity contribution >= 4 is 28.5 Å². The summed E-state index contributed by atoms with van der Waals surface area (Å²) >= 11 is 1.90. The molecule has 0 saturated heterocycles. The minimum atomic E-state index is -0.375. The standard InChI is InChI=1S/C17H16FIN2O/c18-14-9-12(6-8-15(14)19)17(22)20-10-13-7-5-11-3-1-2-4-16(11)21-13/h5-9H,1-4,10H2,(H,20,22). The molecule has 114 valence electrons. The van der Waals surface area contributed by atoms with Crippen LogP contribution >= 0.6 is 22.6 Å². The summed E-state index contributed by atoms with van der Waals surface area (Å²) in [5, 5.41) is 2.80. The molecule has 1 aromatic heterocycles. The topological polar surface area (TPSA) is 42.0 Å². The zero-order valence-corrected chi connectivity index (χ0v) is 14.2. The quantitative estimate of drug-likeness (QED) is 0.786. The Kier molecular flexibility index (Phi) is 4.71. The van der Waals surface area contributed by atoms with Crippen LogP contribution in [-0.2, 0) is 19.4 Å². The van der Waals surface area contributed by atoms with Gasteiger partial charge in [0.1, 0.15) is 5.82 Å². The Balaban J connectivity index is 1.66. The minimum Gasteiger partial charge on any atom is -0.346 e. The van der Waals surface area contributed by atoms with Gasteiger partial charge in [-0.15, -0.1) is 0 Å². The Morgan fingerprint density at radius 2 is 2.05 bits per heavy atom. The van der Waals surface area contributed by atoms with E-state index in [1.54, 1.807) is 12.1 Å². The van der Waals surface area contributed by atoms with Gasteiger partial charge >= 0.3 is 0 Å². The first-order valence-electron chi connectivity index (χ1n) is 7.34. The number of aromatic nitrogens is 1. The number of halogens is 2. The van der Waals surface area contributed by atoms with E-state index in [4.69, 9.17) is 0 Å². The molecule has 1 aliphatic rings. The van der Waals surface area contributed by atoms with Crippen LogP contribution in [0, 0.1) is 9.39 Å². The molecular formula is C17H16FIN2O. The van der Waals surface area contributed by atoms with E-state index < -0.39 is 0 Å². The molecular weight excluding hydrogens is 394 g/mol. The number of amides is 1. The fraction of sp³-hybridized carbons (Fsp3) is 0.294. The lowest BCUT2D eigenvalue weighted by Crippen LogP contribution is -2.24. The largest absolute Gasteiger partial charge is 0.346 e. The number of benzene rings is 1. The summed E-state index contributed by atoms with van der Waals surface area (Å²) in [6.45, 7) is 0.361. The van der Waals surface area contributed by atoms with Crippen molar-refractivity contribution in [3.8, 4) is 0 Å². The van der Waals surface area contributed by atoms with E-state index >= 15 is 0 Å². The molecule has 0 unspecified atom stereocenters. The molecule has 0 atom stereocenters. The molecule has 1 aliphatic carbocycles. The molecule has 0 bridgehead atoms. The maximum Gasteiger partial charge on any atom is 0.251 e. The van der Waals surface area contributed by atoms with Crippen LogP contribution in [0.2, 0.25) is 0 Å². The first-order valence-corrected chi connectivity index (χ1v) is 8.42. The van der Waals surface area contributed by atoms with E-state index in [0.717, 1.165) is 24.2 Å². The van der Waals surface area contributed by atoms with Gasteiger partial charge in [-0.1, -0.05) is 6.07 Å². The normalized spacial score (nSPS) is 13.5. The van der Waals surface area contributed by atoms with Gasteiger partial charge in [0.25, 0.3) is 5.91 Å². The average molecular weight is 410 g/mol. The van der Waals surface area contributed by atoms with Crippen LogP contribution in [0.15, 0.2) is 30.3 Å². The molecule has 2 aromatic rings. The number of aryl methyl sites for hydroxylation is 2. The summed E-state index contributed by atoms with van der Waals surface area (Å²) in [6, 6.07) is 8.55. The lowest BCUT2D eigenvalue weighted by molar-refractivity contribution is 0.0950. The van der Waals surface area contributed by atoms with E-state index in [0.29, 0.717) is 15.7 Å². The van der Waals surface area contributed by atoms with Crippen LogP contribution in [0.3, 0.4) is 0 Å². The van der Waals surface area contributed by atoms with Crippen molar-refractivity contribution in [1.29, 1.82) is 0 Å². The van der Waals surface area contributed by atoms with Gasteiger partial charge in [0.05, 0.1) is 12.2 Å². The van der Waals surface area contributed by atoms with Crippen molar-refractivity contribution < 1.29 is 9.18 Å². The maximum absolute atomic E-state index is 13.5. The molecule has 3 rings (SSSR count). The molecule has 5 heteroatoms. The van der Waals surface area contributed by atoms with Gasteiger partial charge < -0.3 is 5.32 Å². The molecule has 1 aromatic carbocycles. The molecule has 0 saturated carbocycles. The molecule has 22 heavy (non-hydrogen) atoms. The van der Waals surface area contributed by atoms with Gasteiger partial charge in [-0.05, 0) is 78.1 Å². The highest BCUT2D eigenvalue weighted by Gasteiger charge is 2.12. The molecule has 1 heterocycles. The highest BCUT2D eigenvalue weighted by molar-refractivity contribution is 14.1. The summed E-state index contributed by atoms with van der Waals surface area (Å²) in [7, 11) is 0. The summed E-state index contributed by atoms with van der Waals surface area (Å²) in [5.74, 6) is -0.657. The molecule has 0 radical (unpaired) electrons. The van der Waals surface area contributed by atoms with Gasteiger partial charge in [0.2, 0.25) is 0 Å². The van der Waals surface area contributed by atoms with Crippen LogP contribution in [0.25, 0.3) is 0 Å². The smallest absolute Gasteiger partial charge is 0.251 e. The van der Waals surface area contributed by atoms with Crippen LogP contribution < -0.4 is 5.32 Å². The summed E-state index contributed by atoms with van der Waals surface area (Å²) in [6.07, 6.45) is 4.51. The highest BCUT2D eigenvalue weighted by atomic mass is 127. The van der Waals surface area contributed by atoms with Crippen molar-refractivity contribution in [2.24, 2.45) is 0 Å². The van der Waals surface area contributed by atoms with Crippen LogP contribution in [0.4, 0.5) is 4.39 Å². The third-order valence-electron chi connectivity index (χ3n) is 3.85. The first-order chi connectivity index (χ1) is 10.6. The van der Waals surface area contributed by atoms with Gasteiger partial charge in [-0.3, -0.25) is 9.78 Å². The van der Waals surface area contributed by atoms with Crippen molar-refractivity contribution in [3.05, 3.63) is 62.2 Å². The second-order valence-corrected chi connectivity index (χ2v) is 6.59. The van der Waals surface area contributed by atoms with E-state index in [9.17, 15) is 9.18 Å². The fourth-order valence-electron chi connectivity index (χ4n) is 2.64. The van der Waals surface area contributed by atoms with E-state index in [-0.39, 0.29) is 11.7 Å². The van der Waals surface area contributed by atoms with Crippen molar-refractivity contribution in [1.82, 2.24) is 10.3 Å². The number of carbonyl (C=O) groups excluding carboxylic acids is 1. The number of nitrogens with one attached hydrogen (secondary N) is 1. The number of carbonyl (C=O) groups is 1. The van der Waals surface area contributed by atoms with Crippen molar-refractivity contribution in [2.75, 3.05) is 0 Å². The number of fused-ring (bicyclic) bond motifs is 1. The summed E-state index contributed by atoms with van der Waals surface area (Å²) in [5.41, 5.74) is 3.65. The lowest BCUT2D eigenvalue weighted by atomic mass is 9.96. The fourth-order valence-corrected chi connectivity index (χ4v) is 2.97. The Morgan fingerprint density at radius 3 is 2.86 bits per heavy atom. The number of hydrogen-bond acceptors (Lipinski definition) is 2. The zero-order valence-electron chi connectivity index (χ0n) is 12.0. The molecule has 0 aliphatic heterocycles. The third kappa shape index (κ3) is 3.45. The summed E-state index contributed by atoms with van der Waals surface area (Å²) < 4.78 is 14.0. The predicted molar refractivity (Wildman–Crippen MR) is 91.2 cm³/mol. The van der Waals surface area contributed by atoms with Gasteiger partial charge in [-0.2, -0.15) is 0 Å². The average Bonchev–Trinajstić information content (AvgIpc) is 2.55. The van der Waals surface area contributed by atoms with E-state index in [1.807, 2.05) is 28.7 Å². The number of hydrogen-bond donors (Lipinski definition) is 1. The second-order valence-electron chi connectivity index (χ2n) is 5.43. The molecule has 1 amide bonds. The number of pyridine rings is 1. The lowest BCUT2D eigenvalue weighted by Gasteiger charge is -2.15. The Hall–Kier alpha value is -1.50. The number of nitrogens with zero attached hydrogens (tertiary/aromatic N) is 1. The van der Waals surface area contributed by atoms with Gasteiger partial charge in [0.15, 0.2) is 0 Å². The number of rotatable bonds is 3. The Labute approximate surface area is 142 Å². The third-order valence-corrected chi connectivity index (χ3v) is 4.72. The molecule has 1 N–H and O–H groups in total. The second kappa shape index (κ2) is 6.73. The predicted octanol–water partition coefficient (Wildman–Crippen LogP) is 3.63. The molecule has 3 nitrogen and oxygen atoms in total. The Bertz CT molecular complexity index is 718. The van der Waals surface area contributed by atoms with Crippen molar-refractivity contribution in [2.45, 2.75) is 32.2 Å².